The van der Waals surface area contributed by atoms with Crippen molar-refractivity contribution in [3.8, 4) is 0 Å². The first-order valence-corrected chi connectivity index (χ1v) is 11.7. The number of hydrogen-bond donors (Lipinski definition) is 4. The van der Waals surface area contributed by atoms with Crippen LogP contribution in [0.2, 0.25) is 0 Å². The summed E-state index contributed by atoms with van der Waals surface area (Å²) in [7, 11) is 1.93. The van der Waals surface area contributed by atoms with E-state index < -0.39 is 18.3 Å². The second-order valence-corrected chi connectivity index (χ2v) is 11.1. The molecule has 0 heterocycles. The van der Waals surface area contributed by atoms with E-state index in [4.69, 9.17) is 5.11 Å². The third kappa shape index (κ3) is 3.39. The number of aliphatic hydroxyl groups is 4. The quantitative estimate of drug-likeness (QED) is 0.535. The van der Waals surface area contributed by atoms with Crippen LogP contribution in [0.1, 0.15) is 52.4 Å². The van der Waals surface area contributed by atoms with E-state index in [0.29, 0.717) is 31.8 Å². The minimum absolute atomic E-state index is 0.0297. The Morgan fingerprint density at radius 3 is 2.50 bits per heavy atom. The number of likely N-dealkylation sites (N-methyl/N-ethyl adjacent to an activating group) is 1. The van der Waals surface area contributed by atoms with Crippen LogP contribution >= 0.6 is 0 Å². The van der Waals surface area contributed by atoms with E-state index in [9.17, 15) is 20.1 Å². The molecular weight excluding hydrogens is 382 g/mol. The van der Waals surface area contributed by atoms with Crippen LogP contribution < -0.4 is 0 Å². The van der Waals surface area contributed by atoms with Crippen molar-refractivity contribution in [2.75, 3.05) is 26.7 Å². The van der Waals surface area contributed by atoms with Gasteiger partial charge in [0.2, 0.25) is 0 Å². The Hall–Kier alpha value is -0.790. The van der Waals surface area contributed by atoms with Gasteiger partial charge in [0.1, 0.15) is 0 Å². The van der Waals surface area contributed by atoms with E-state index in [-0.39, 0.29) is 41.0 Å². The maximum atomic E-state index is 13.1. The van der Waals surface area contributed by atoms with Crippen LogP contribution in [0.25, 0.3) is 0 Å². The molecule has 0 aliphatic heterocycles. The Bertz CT molecular complexity index is 710. The largest absolute Gasteiger partial charge is 0.395 e. The molecule has 3 saturated carbocycles. The predicted octanol–water partition coefficient (Wildman–Crippen LogP) is 1.36. The van der Waals surface area contributed by atoms with Crippen LogP contribution in [0.15, 0.2) is 11.6 Å². The number of rotatable bonds is 5. The number of fused-ring (bicyclic) bond motifs is 5. The van der Waals surface area contributed by atoms with E-state index in [2.05, 4.69) is 13.8 Å². The smallest absolute Gasteiger partial charge is 0.159 e. The number of carbonyl (C=O) groups excluding carboxylic acids is 1. The van der Waals surface area contributed by atoms with Crippen LogP contribution in [0.5, 0.6) is 0 Å². The summed E-state index contributed by atoms with van der Waals surface area (Å²) in [6, 6.07) is 0. The Labute approximate surface area is 180 Å². The van der Waals surface area contributed by atoms with Gasteiger partial charge in [-0.05, 0) is 80.2 Å². The number of allylic oxidation sites excluding steroid dienone is 2. The van der Waals surface area contributed by atoms with E-state index in [1.807, 2.05) is 18.0 Å². The highest BCUT2D eigenvalue weighted by molar-refractivity contribution is 5.94. The van der Waals surface area contributed by atoms with E-state index >= 15 is 0 Å². The third-order valence-electron chi connectivity index (χ3n) is 9.45. The van der Waals surface area contributed by atoms with Gasteiger partial charge in [-0.3, -0.25) is 4.79 Å². The van der Waals surface area contributed by atoms with Gasteiger partial charge in [-0.15, -0.1) is 0 Å². The molecule has 30 heavy (non-hydrogen) atoms. The molecule has 0 spiro atoms. The van der Waals surface area contributed by atoms with Crippen molar-refractivity contribution in [2.24, 2.45) is 34.5 Å². The fourth-order valence-electron chi connectivity index (χ4n) is 7.78. The molecule has 4 aliphatic rings. The summed E-state index contributed by atoms with van der Waals surface area (Å²) in [5, 5.41) is 40.8. The first-order chi connectivity index (χ1) is 14.1. The molecule has 0 bridgehead atoms. The maximum Gasteiger partial charge on any atom is 0.159 e. The molecule has 0 amide bonds. The number of aliphatic hydroxyl groups excluding tert-OH is 4. The SMILES string of the molecule is CN(CCO)CC(O)C1CCC2C3=CC(=O)C4CC(O)C(O)CC4(C)C3CCC21C. The monoisotopic (exact) mass is 421 g/mol. The molecule has 3 fully saturated rings. The number of ketones is 1. The Morgan fingerprint density at radius 2 is 1.80 bits per heavy atom. The highest BCUT2D eigenvalue weighted by Gasteiger charge is 2.61. The topological polar surface area (TPSA) is 101 Å². The lowest BCUT2D eigenvalue weighted by atomic mass is 9.47. The fraction of sp³-hybridized carbons (Fsp3) is 0.875. The second kappa shape index (κ2) is 7.96. The van der Waals surface area contributed by atoms with Gasteiger partial charge in [-0.1, -0.05) is 19.4 Å². The van der Waals surface area contributed by atoms with Gasteiger partial charge in [-0.2, -0.15) is 0 Å². The van der Waals surface area contributed by atoms with Gasteiger partial charge >= 0.3 is 0 Å². The van der Waals surface area contributed by atoms with Crippen molar-refractivity contribution in [3.05, 3.63) is 11.6 Å². The lowest BCUT2D eigenvalue weighted by molar-refractivity contribution is -0.143. The minimum atomic E-state index is -0.808. The van der Waals surface area contributed by atoms with Gasteiger partial charge in [0.25, 0.3) is 0 Å². The molecule has 0 aromatic heterocycles. The first-order valence-electron chi connectivity index (χ1n) is 11.7. The lowest BCUT2D eigenvalue weighted by Gasteiger charge is -2.57. The zero-order valence-electron chi connectivity index (χ0n) is 18.6. The van der Waals surface area contributed by atoms with Crippen LogP contribution in [-0.2, 0) is 4.79 Å². The van der Waals surface area contributed by atoms with Crippen molar-refractivity contribution < 1.29 is 25.2 Å². The van der Waals surface area contributed by atoms with Gasteiger partial charge in [0.15, 0.2) is 5.78 Å². The van der Waals surface area contributed by atoms with E-state index in [0.717, 1.165) is 25.7 Å². The molecule has 4 N–H and O–H groups in total. The van der Waals surface area contributed by atoms with Gasteiger partial charge in [0, 0.05) is 19.0 Å². The highest BCUT2D eigenvalue weighted by atomic mass is 16.3. The van der Waals surface area contributed by atoms with Crippen LogP contribution in [-0.4, -0.2) is 76.2 Å². The van der Waals surface area contributed by atoms with Gasteiger partial charge in [0.05, 0.1) is 24.9 Å². The summed E-state index contributed by atoms with van der Waals surface area (Å²) in [6.07, 6.45) is 4.64. The first kappa shape index (κ1) is 22.4. The predicted molar refractivity (Wildman–Crippen MR) is 114 cm³/mol. The second-order valence-electron chi connectivity index (χ2n) is 11.1. The summed E-state index contributed by atoms with van der Waals surface area (Å²) >= 11 is 0. The van der Waals surface area contributed by atoms with Gasteiger partial charge < -0.3 is 25.3 Å². The number of nitrogens with zero attached hydrogens (tertiary/aromatic N) is 1. The number of carbonyl (C=O) groups is 1. The molecule has 4 rings (SSSR count). The summed E-state index contributed by atoms with van der Waals surface area (Å²) < 4.78 is 0. The average Bonchev–Trinajstić information content (AvgIpc) is 3.02. The van der Waals surface area contributed by atoms with Crippen LogP contribution in [0, 0.1) is 34.5 Å². The summed E-state index contributed by atoms with van der Waals surface area (Å²) in [4.78, 5) is 15.1. The number of hydrogen-bond acceptors (Lipinski definition) is 6. The van der Waals surface area contributed by atoms with Crippen molar-refractivity contribution in [1.82, 2.24) is 4.90 Å². The molecule has 9 atom stereocenters. The molecule has 6 nitrogen and oxygen atoms in total. The Balaban J connectivity index is 1.59. The summed E-state index contributed by atoms with van der Waals surface area (Å²) in [6.45, 7) is 5.64. The molecule has 9 unspecified atom stereocenters. The van der Waals surface area contributed by atoms with Crippen molar-refractivity contribution >= 4 is 5.78 Å². The molecular formula is C24H39NO5. The molecule has 0 aromatic carbocycles. The maximum absolute atomic E-state index is 13.1. The van der Waals surface area contributed by atoms with Crippen LogP contribution in [0.3, 0.4) is 0 Å². The molecule has 0 radical (unpaired) electrons. The zero-order chi connectivity index (χ0) is 21.8. The molecule has 170 valence electrons. The van der Waals surface area contributed by atoms with E-state index in [1.54, 1.807) is 0 Å². The zero-order valence-corrected chi connectivity index (χ0v) is 18.6. The fourth-order valence-corrected chi connectivity index (χ4v) is 7.78. The van der Waals surface area contributed by atoms with Gasteiger partial charge in [-0.25, -0.2) is 0 Å². The van der Waals surface area contributed by atoms with Crippen molar-refractivity contribution in [2.45, 2.75) is 70.7 Å². The van der Waals surface area contributed by atoms with Crippen molar-refractivity contribution in [1.29, 1.82) is 0 Å². The Morgan fingerprint density at radius 1 is 1.10 bits per heavy atom. The van der Waals surface area contributed by atoms with Crippen LogP contribution in [0.4, 0.5) is 0 Å². The summed E-state index contributed by atoms with van der Waals surface area (Å²) in [5.74, 6) is 0.664. The standard InChI is InChI=1S/C24H39NO5/c1-23-7-6-16-14(10-19(27)18-11-20(28)21(29)12-24(16,18)2)15(23)4-5-17(23)22(30)13-25(3)8-9-26/h10,15-18,20-22,26,28-30H,4-9,11-13H2,1-3H3. The normalized spacial score (nSPS) is 46.8. The summed E-state index contributed by atoms with van der Waals surface area (Å²) in [5.41, 5.74) is 0.923. The molecule has 0 aromatic rings. The van der Waals surface area contributed by atoms with Crippen molar-refractivity contribution in [3.63, 3.8) is 0 Å². The highest BCUT2D eigenvalue weighted by Crippen LogP contribution is 2.65. The molecule has 6 heteroatoms. The third-order valence-corrected chi connectivity index (χ3v) is 9.45. The molecule has 0 saturated heterocycles. The molecule has 4 aliphatic carbocycles. The minimum Gasteiger partial charge on any atom is -0.395 e. The van der Waals surface area contributed by atoms with E-state index in [1.165, 1.54) is 5.57 Å². The average molecular weight is 422 g/mol. The lowest BCUT2D eigenvalue weighted by Crippen LogP contribution is -2.56. The Kier molecular flexibility index (Phi) is 5.95.